The molecule has 0 bridgehead atoms. The third-order valence-corrected chi connectivity index (χ3v) is 2.01. The molecule has 0 radical (unpaired) electrons. The van der Waals surface area contributed by atoms with Gasteiger partial charge in [-0.1, -0.05) is 0 Å². The predicted octanol–water partition coefficient (Wildman–Crippen LogP) is -2.60. The van der Waals surface area contributed by atoms with Crippen molar-refractivity contribution < 1.29 is 38.7 Å². The number of nitrogens with one attached hydrogen (secondary N) is 1. The molecular formula is C7H17N4O8P. The average Bonchev–Trinajstić information content (AvgIpc) is 2.24. The van der Waals surface area contributed by atoms with Crippen molar-refractivity contribution in [3.63, 3.8) is 0 Å². The van der Waals surface area contributed by atoms with E-state index in [1.54, 1.807) is 0 Å². The molecule has 0 fully saturated rings. The van der Waals surface area contributed by atoms with Gasteiger partial charge < -0.3 is 36.4 Å². The lowest BCUT2D eigenvalue weighted by atomic mass is 10.3. The van der Waals surface area contributed by atoms with Gasteiger partial charge in [0.1, 0.15) is 12.6 Å². The second kappa shape index (κ2) is 9.23. The number of hydrogen-bond acceptors (Lipinski definition) is 6. The quantitative estimate of drug-likeness (QED) is 0.153. The van der Waals surface area contributed by atoms with Gasteiger partial charge >= 0.3 is 19.8 Å². The van der Waals surface area contributed by atoms with Crippen LogP contribution in [0.2, 0.25) is 0 Å². The second-order valence-electron chi connectivity index (χ2n) is 3.37. The van der Waals surface area contributed by atoms with Crippen LogP contribution in [-0.4, -0.2) is 69.0 Å². The summed E-state index contributed by atoms with van der Waals surface area (Å²) < 4.78 is 13.8. The topological polar surface area (TPSA) is 220 Å². The average molecular weight is 316 g/mol. The third-order valence-electron chi connectivity index (χ3n) is 1.52. The van der Waals surface area contributed by atoms with E-state index in [2.05, 4.69) is 4.52 Å². The standard InChI is InChI=1S/C4H9N3O2.C3H8NO6P/c1-7(4(5)6)2-3(8)9;4-2(3(5)6)1-10-11(7,8)9/h2H2,1H3,(H3,5,6)(H,8,9);2H,1,4H2,(H,5,6)(H2,7,8,9). The van der Waals surface area contributed by atoms with E-state index in [1.165, 1.54) is 7.05 Å². The first kappa shape index (κ1) is 20.6. The molecule has 0 rings (SSSR count). The number of carboxylic acid groups (broad SMARTS) is 2. The Morgan fingerprint density at radius 2 is 1.85 bits per heavy atom. The van der Waals surface area contributed by atoms with Crippen molar-refractivity contribution in [3.8, 4) is 0 Å². The van der Waals surface area contributed by atoms with Gasteiger partial charge in [0.15, 0.2) is 5.96 Å². The van der Waals surface area contributed by atoms with Crippen molar-refractivity contribution in [2.45, 2.75) is 6.04 Å². The van der Waals surface area contributed by atoms with Crippen LogP contribution < -0.4 is 11.5 Å². The van der Waals surface area contributed by atoms with Crippen molar-refractivity contribution in [1.29, 1.82) is 5.41 Å². The first-order valence-corrected chi connectivity index (χ1v) is 6.35. The van der Waals surface area contributed by atoms with E-state index in [4.69, 9.17) is 36.9 Å². The highest BCUT2D eigenvalue weighted by molar-refractivity contribution is 7.46. The number of nitrogens with zero attached hydrogens (tertiary/aromatic N) is 1. The van der Waals surface area contributed by atoms with Crippen LogP contribution in [-0.2, 0) is 18.7 Å². The minimum absolute atomic E-state index is 0.227. The summed E-state index contributed by atoms with van der Waals surface area (Å²) in [4.78, 5) is 37.2. The number of rotatable bonds is 6. The zero-order valence-electron chi connectivity index (χ0n) is 10.5. The van der Waals surface area contributed by atoms with Gasteiger partial charge in [-0.3, -0.25) is 19.5 Å². The van der Waals surface area contributed by atoms with Gasteiger partial charge in [-0.2, -0.15) is 0 Å². The largest absolute Gasteiger partial charge is 0.480 e. The fourth-order valence-electron chi connectivity index (χ4n) is 0.537. The van der Waals surface area contributed by atoms with Gasteiger partial charge in [0.25, 0.3) is 0 Å². The molecule has 118 valence electrons. The van der Waals surface area contributed by atoms with Crippen LogP contribution in [0.15, 0.2) is 0 Å². The maximum atomic E-state index is 9.98. The molecule has 1 atom stereocenters. The Labute approximate surface area is 113 Å². The molecule has 0 saturated heterocycles. The number of guanidine groups is 1. The van der Waals surface area contributed by atoms with E-state index >= 15 is 0 Å². The molecule has 0 saturated carbocycles. The van der Waals surface area contributed by atoms with Crippen LogP contribution in [0.25, 0.3) is 0 Å². The molecule has 0 aliphatic heterocycles. The van der Waals surface area contributed by atoms with E-state index in [9.17, 15) is 14.2 Å². The smallest absolute Gasteiger partial charge is 0.469 e. The molecule has 12 nitrogen and oxygen atoms in total. The highest BCUT2D eigenvalue weighted by Gasteiger charge is 2.19. The molecule has 0 aromatic carbocycles. The first-order chi connectivity index (χ1) is 8.86. The molecular weight excluding hydrogens is 299 g/mol. The zero-order valence-corrected chi connectivity index (χ0v) is 11.4. The molecule has 0 spiro atoms. The van der Waals surface area contributed by atoms with E-state index < -0.39 is 32.4 Å². The van der Waals surface area contributed by atoms with Gasteiger partial charge in [-0.25, -0.2) is 4.57 Å². The third kappa shape index (κ3) is 14.3. The number of hydrogen-bond donors (Lipinski definition) is 7. The lowest BCUT2D eigenvalue weighted by Gasteiger charge is -2.12. The summed E-state index contributed by atoms with van der Waals surface area (Å²) in [5.74, 6) is -2.61. The minimum atomic E-state index is -4.60. The number of nitrogens with two attached hydrogens (primary N) is 2. The molecule has 0 aromatic heterocycles. The molecule has 0 heterocycles. The second-order valence-corrected chi connectivity index (χ2v) is 4.61. The first-order valence-electron chi connectivity index (χ1n) is 4.82. The van der Waals surface area contributed by atoms with E-state index in [-0.39, 0.29) is 12.5 Å². The van der Waals surface area contributed by atoms with Crippen LogP contribution in [0.1, 0.15) is 0 Å². The summed E-state index contributed by atoms with van der Waals surface area (Å²) >= 11 is 0. The number of carboxylic acids is 2. The fraction of sp³-hybridized carbons (Fsp3) is 0.571. The van der Waals surface area contributed by atoms with Gasteiger partial charge in [-0.05, 0) is 0 Å². The maximum Gasteiger partial charge on any atom is 0.469 e. The highest BCUT2D eigenvalue weighted by Crippen LogP contribution is 2.35. The summed E-state index contributed by atoms with van der Waals surface area (Å²) in [6, 6.07) is -1.41. The summed E-state index contributed by atoms with van der Waals surface area (Å²) in [5, 5.41) is 23.0. The van der Waals surface area contributed by atoms with Crippen LogP contribution in [0.3, 0.4) is 0 Å². The molecule has 0 amide bonds. The summed E-state index contributed by atoms with van der Waals surface area (Å²) in [5.41, 5.74) is 9.79. The van der Waals surface area contributed by atoms with E-state index in [0.29, 0.717) is 0 Å². The molecule has 0 aliphatic rings. The van der Waals surface area contributed by atoms with E-state index in [0.717, 1.165) is 4.90 Å². The Bertz CT molecular complexity index is 396. The van der Waals surface area contributed by atoms with Crippen LogP contribution >= 0.6 is 7.82 Å². The van der Waals surface area contributed by atoms with Crippen LogP contribution in [0, 0.1) is 5.41 Å². The van der Waals surface area contributed by atoms with Crippen LogP contribution in [0.5, 0.6) is 0 Å². The summed E-state index contributed by atoms with van der Waals surface area (Å²) in [7, 11) is -3.16. The molecule has 0 aromatic rings. The normalized spacial score (nSPS) is 11.8. The lowest BCUT2D eigenvalue weighted by molar-refractivity contribution is -0.139. The summed E-state index contributed by atoms with van der Waals surface area (Å²) in [6.45, 7) is -0.936. The molecule has 1 unspecified atom stereocenters. The van der Waals surface area contributed by atoms with Gasteiger partial charge in [0, 0.05) is 7.05 Å². The lowest BCUT2D eigenvalue weighted by Crippen LogP contribution is -2.36. The SMILES string of the molecule is CN(CC(=O)O)C(=N)N.NC(COP(=O)(O)O)C(=O)O. The Morgan fingerprint density at radius 1 is 1.40 bits per heavy atom. The number of likely N-dealkylation sites (N-methyl/N-ethyl adjacent to an activating group) is 1. The van der Waals surface area contributed by atoms with Crippen molar-refractivity contribution in [2.24, 2.45) is 11.5 Å². The van der Waals surface area contributed by atoms with Crippen molar-refractivity contribution in [1.82, 2.24) is 4.90 Å². The van der Waals surface area contributed by atoms with Crippen molar-refractivity contribution in [3.05, 3.63) is 0 Å². The van der Waals surface area contributed by atoms with Gasteiger partial charge in [-0.15, -0.1) is 0 Å². The predicted molar refractivity (Wildman–Crippen MR) is 65.8 cm³/mol. The Kier molecular flexibility index (Phi) is 9.50. The fourth-order valence-corrected chi connectivity index (χ4v) is 0.892. The number of aliphatic carboxylic acids is 2. The Balaban J connectivity index is 0. The van der Waals surface area contributed by atoms with Crippen molar-refractivity contribution in [2.75, 3.05) is 20.2 Å². The zero-order chi connectivity index (χ0) is 16.5. The minimum Gasteiger partial charge on any atom is -0.480 e. The van der Waals surface area contributed by atoms with Crippen molar-refractivity contribution >= 4 is 25.7 Å². The number of phosphoric ester groups is 1. The molecule has 0 aliphatic carbocycles. The van der Waals surface area contributed by atoms with Crippen LogP contribution in [0.4, 0.5) is 0 Å². The number of phosphoric acid groups is 1. The molecule has 13 heteroatoms. The number of carbonyl (C=O) groups is 2. The molecule has 20 heavy (non-hydrogen) atoms. The maximum absolute atomic E-state index is 9.98. The monoisotopic (exact) mass is 316 g/mol. The Hall–Kier alpha value is -1.72. The van der Waals surface area contributed by atoms with Gasteiger partial charge in [0.05, 0.1) is 6.61 Å². The van der Waals surface area contributed by atoms with Gasteiger partial charge in [0.2, 0.25) is 0 Å². The highest BCUT2D eigenvalue weighted by atomic mass is 31.2. The summed E-state index contributed by atoms with van der Waals surface area (Å²) in [6.07, 6.45) is 0. The van der Waals surface area contributed by atoms with E-state index in [1.807, 2.05) is 0 Å². The molecule has 9 N–H and O–H groups in total. The Morgan fingerprint density at radius 3 is 2.05 bits per heavy atom.